The van der Waals surface area contributed by atoms with Gasteiger partial charge in [-0.25, -0.2) is 24.1 Å². The molecule has 3 aromatic heterocycles. The van der Waals surface area contributed by atoms with Crippen molar-refractivity contribution < 1.29 is 71.2 Å². The van der Waals surface area contributed by atoms with Crippen LogP contribution in [-0.4, -0.2) is 100 Å². The van der Waals surface area contributed by atoms with Crippen LogP contribution < -0.4 is 16.0 Å². The van der Waals surface area contributed by atoms with Crippen LogP contribution in [0.3, 0.4) is 0 Å². The lowest BCUT2D eigenvalue weighted by Crippen LogP contribution is -2.46. The van der Waals surface area contributed by atoms with Crippen molar-refractivity contribution in [2.45, 2.75) is 48.8 Å². The molecule has 44 heavy (non-hydrogen) atoms. The maximum absolute atomic E-state index is 12.5. The van der Waals surface area contributed by atoms with Crippen LogP contribution in [0.5, 0.6) is 0 Å². The van der Waals surface area contributed by atoms with Crippen LogP contribution in [0.1, 0.15) is 22.8 Å². The number of epoxide rings is 1. The van der Waals surface area contributed by atoms with Gasteiger partial charge in [0, 0.05) is 6.07 Å². The zero-order valence-electron chi connectivity index (χ0n) is 22.1. The van der Waals surface area contributed by atoms with E-state index in [0.29, 0.717) is 0 Å². The minimum atomic E-state index is -5.34. The molecule has 3 fully saturated rings. The molecule has 238 valence electrons. The van der Waals surface area contributed by atoms with Gasteiger partial charge in [-0.1, -0.05) is 0 Å². The Morgan fingerprint density at radius 3 is 2.59 bits per heavy atom. The molecule has 0 saturated carbocycles. The molecule has 2 unspecified atom stereocenters. The molecule has 0 bridgehead atoms. The fraction of sp³-hybridized carbons (Fsp3) is 0.476. The first-order chi connectivity index (χ1) is 20.7. The van der Waals surface area contributed by atoms with E-state index in [-0.39, 0.29) is 22.5 Å². The second-order valence-corrected chi connectivity index (χ2v) is 13.0. The van der Waals surface area contributed by atoms with Crippen LogP contribution in [0.15, 0.2) is 37.2 Å². The molecule has 3 aromatic rings. The number of nitrogens with zero attached hydrogens (tertiary/aromatic N) is 5. The summed E-state index contributed by atoms with van der Waals surface area (Å²) in [7, 11) is -10.7. The number of hydrogen-bond acceptors (Lipinski definition) is 16. The molecule has 1 amide bonds. The average molecular weight is 662 g/mol. The molecule has 10 atom stereocenters. The highest BCUT2D eigenvalue weighted by molar-refractivity contribution is 7.61. The predicted octanol–water partition coefficient (Wildman–Crippen LogP) is -2.65. The minimum absolute atomic E-state index is 0.0786. The van der Waals surface area contributed by atoms with E-state index in [1.165, 1.54) is 46.3 Å². The number of nitrogen functional groups attached to an aromatic ring is 1. The van der Waals surface area contributed by atoms with Crippen LogP contribution in [0.2, 0.25) is 0 Å². The van der Waals surface area contributed by atoms with Gasteiger partial charge in [-0.05, 0) is 6.07 Å². The summed E-state index contributed by atoms with van der Waals surface area (Å²) in [5, 5.41) is 31.4. The van der Waals surface area contributed by atoms with E-state index in [0.717, 1.165) is 0 Å². The fourth-order valence-corrected chi connectivity index (χ4v) is 6.98. The van der Waals surface area contributed by atoms with Crippen LogP contribution in [-0.2, 0) is 36.7 Å². The third-order valence-corrected chi connectivity index (χ3v) is 9.64. The van der Waals surface area contributed by atoms with Crippen molar-refractivity contribution in [3.8, 4) is 0 Å². The van der Waals surface area contributed by atoms with Crippen molar-refractivity contribution in [2.75, 3.05) is 18.9 Å². The van der Waals surface area contributed by atoms with E-state index >= 15 is 0 Å². The zero-order valence-corrected chi connectivity index (χ0v) is 23.9. The first kappa shape index (κ1) is 31.0. The van der Waals surface area contributed by atoms with Crippen molar-refractivity contribution in [1.82, 2.24) is 19.5 Å². The van der Waals surface area contributed by atoms with Crippen LogP contribution >= 0.6 is 15.6 Å². The molecule has 21 nitrogen and oxygen atoms in total. The number of carbonyl (C=O) groups excluding carboxylic acids is 1. The molecule has 0 aromatic carbocycles. The molecule has 0 aliphatic carbocycles. The minimum Gasteiger partial charge on any atom is -0.387 e. The lowest BCUT2D eigenvalue weighted by molar-refractivity contribution is -0.765. The number of nitrogens with two attached hydrogens (primary N) is 2. The maximum atomic E-state index is 12.5. The van der Waals surface area contributed by atoms with E-state index in [1.54, 1.807) is 0 Å². The maximum Gasteiger partial charge on any atom is 0.481 e. The Morgan fingerprint density at radius 2 is 1.84 bits per heavy atom. The van der Waals surface area contributed by atoms with Crippen molar-refractivity contribution in [2.24, 2.45) is 5.73 Å². The molecule has 6 heterocycles. The molecule has 3 saturated heterocycles. The Hall–Kier alpha value is -3.01. The van der Waals surface area contributed by atoms with E-state index in [2.05, 4.69) is 19.3 Å². The Morgan fingerprint density at radius 1 is 1.09 bits per heavy atom. The SMILES string of the molecule is NC(=O)c1ccc[n+]([C@@H]2O[C@H](COP(=O)(O)OP(=O)(O)OC[C@@]34O[C@@H](n5cnc6c(N)ncnc65)[C@H](O)[C@@H]3O4)[C@@H](O)[C@H]2O)c1. The van der Waals surface area contributed by atoms with Crippen molar-refractivity contribution in [3.05, 3.63) is 42.7 Å². The number of amides is 1. The zero-order chi connectivity index (χ0) is 31.6. The van der Waals surface area contributed by atoms with E-state index < -0.39 is 83.5 Å². The molecular formula is C21H26N7O14P2+. The second kappa shape index (κ2) is 11.1. The van der Waals surface area contributed by atoms with E-state index in [9.17, 15) is 39.0 Å². The third kappa shape index (κ3) is 5.74. The second-order valence-electron chi connectivity index (χ2n) is 9.97. The Labute approximate surface area is 245 Å². The van der Waals surface area contributed by atoms with E-state index in [4.69, 9.17) is 34.7 Å². The summed E-state index contributed by atoms with van der Waals surface area (Å²) in [5.74, 6) is -2.38. The number of primary amides is 1. The predicted molar refractivity (Wildman–Crippen MR) is 137 cm³/mol. The largest absolute Gasteiger partial charge is 0.481 e. The van der Waals surface area contributed by atoms with Crippen molar-refractivity contribution in [1.29, 1.82) is 0 Å². The number of aliphatic hydroxyl groups is 3. The van der Waals surface area contributed by atoms with Gasteiger partial charge in [0.25, 0.3) is 12.1 Å². The van der Waals surface area contributed by atoms with Gasteiger partial charge in [0.05, 0.1) is 12.9 Å². The van der Waals surface area contributed by atoms with E-state index in [1.807, 2.05) is 0 Å². The fourth-order valence-electron chi connectivity index (χ4n) is 4.88. The summed E-state index contributed by atoms with van der Waals surface area (Å²) < 4.78 is 58.0. The van der Waals surface area contributed by atoms with Crippen molar-refractivity contribution in [3.63, 3.8) is 0 Å². The number of carbonyl (C=O) groups is 1. The average Bonchev–Trinajstić information content (AvgIpc) is 3.21. The number of aliphatic hydroxyl groups excluding tert-OH is 3. The Bertz CT molecular complexity index is 1700. The lowest BCUT2D eigenvalue weighted by atomic mass is 10.1. The number of aromatic nitrogens is 5. The topological polar surface area (TPSA) is 311 Å². The number of ether oxygens (including phenoxy) is 3. The molecule has 0 radical (unpaired) electrons. The van der Waals surface area contributed by atoms with Gasteiger partial charge in [0.1, 0.15) is 48.4 Å². The highest BCUT2D eigenvalue weighted by Gasteiger charge is 2.71. The molecule has 3 aliphatic rings. The summed E-state index contributed by atoms with van der Waals surface area (Å²) >= 11 is 0. The third-order valence-electron chi connectivity index (χ3n) is 7.06. The molecule has 23 heteroatoms. The first-order valence-corrected chi connectivity index (χ1v) is 15.6. The standard InChI is InChI=1S/C21H25N7O14P2/c22-16-11-18(25-7-24-16)28(8-26-11)20-14(31)15-21(40-15,41-20)6-38-44(35,36)42-43(33,34)37-5-10-12(29)13(30)19(39-10)27-3-1-2-9(4-27)17(23)32/h1-4,7-8,10,12-15,19-20,29-31H,5-6H2,(H5-,22,23,24,25,32,33,34,35,36)/p+1/t10-,12-,13-,14-,15+,19-,20-,21-/m1/s1. The van der Waals surface area contributed by atoms with Gasteiger partial charge in [-0.3, -0.25) is 18.4 Å². The summed E-state index contributed by atoms with van der Waals surface area (Å²) in [6.45, 7) is -1.69. The lowest BCUT2D eigenvalue weighted by Gasteiger charge is -2.22. The molecule has 9 N–H and O–H groups in total. The highest BCUT2D eigenvalue weighted by atomic mass is 31.3. The molecule has 6 rings (SSSR count). The first-order valence-electron chi connectivity index (χ1n) is 12.7. The number of fused-ring (bicyclic) bond motifs is 2. The quantitative estimate of drug-likeness (QED) is 0.0626. The van der Waals surface area contributed by atoms with Gasteiger partial charge in [0.2, 0.25) is 5.79 Å². The highest BCUT2D eigenvalue weighted by Crippen LogP contribution is 2.62. The number of imidazole rings is 1. The molecular weight excluding hydrogens is 636 g/mol. The van der Waals surface area contributed by atoms with Gasteiger partial charge in [-0.15, -0.1) is 0 Å². The number of anilines is 1. The Balaban J connectivity index is 1.04. The number of rotatable bonds is 11. The van der Waals surface area contributed by atoms with Gasteiger partial charge < -0.3 is 50.8 Å². The monoisotopic (exact) mass is 662 g/mol. The van der Waals surface area contributed by atoms with Crippen LogP contribution in [0.25, 0.3) is 11.2 Å². The number of phosphoric acid groups is 2. The molecule has 3 aliphatic heterocycles. The van der Waals surface area contributed by atoms with Gasteiger partial charge in [0.15, 0.2) is 36.2 Å². The summed E-state index contributed by atoms with van der Waals surface area (Å²) in [6.07, 6.45) is -4.12. The summed E-state index contributed by atoms with van der Waals surface area (Å²) in [5.41, 5.74) is 11.6. The Kier molecular flexibility index (Phi) is 7.82. The number of pyridine rings is 1. The van der Waals surface area contributed by atoms with Crippen LogP contribution in [0, 0.1) is 0 Å². The summed E-state index contributed by atoms with van der Waals surface area (Å²) in [4.78, 5) is 43.6. The van der Waals surface area contributed by atoms with Crippen LogP contribution in [0.4, 0.5) is 5.82 Å². The number of phosphoric ester groups is 2. The molecule has 0 spiro atoms. The normalized spacial score (nSPS) is 34.0. The number of hydrogen-bond donors (Lipinski definition) is 7. The smallest absolute Gasteiger partial charge is 0.387 e. The summed E-state index contributed by atoms with van der Waals surface area (Å²) in [6, 6.07) is 2.85. The van der Waals surface area contributed by atoms with Gasteiger partial charge >= 0.3 is 15.6 Å². The van der Waals surface area contributed by atoms with Gasteiger partial charge in [-0.2, -0.15) is 8.88 Å². The van der Waals surface area contributed by atoms with Crippen molar-refractivity contribution >= 4 is 38.5 Å².